The molecule has 1 atom stereocenters. The van der Waals surface area contributed by atoms with Crippen molar-refractivity contribution in [2.75, 3.05) is 0 Å². The molecular weight excluding hydrogens is 418 g/mol. The van der Waals surface area contributed by atoms with E-state index in [1.807, 2.05) is 60.0 Å². The van der Waals surface area contributed by atoms with E-state index in [4.69, 9.17) is 4.74 Å². The van der Waals surface area contributed by atoms with Crippen molar-refractivity contribution in [3.05, 3.63) is 86.7 Å². The van der Waals surface area contributed by atoms with E-state index in [1.54, 1.807) is 17.5 Å². The molecular formula is C19H12BrNO2S2. The van der Waals surface area contributed by atoms with Crippen LogP contribution in [0.25, 0.3) is 10.1 Å². The van der Waals surface area contributed by atoms with Gasteiger partial charge in [0.05, 0.1) is 10.4 Å². The molecule has 0 fully saturated rings. The van der Waals surface area contributed by atoms with Crippen LogP contribution >= 0.6 is 38.8 Å². The number of hydrogen-bond donors (Lipinski definition) is 0. The molecule has 0 aliphatic carbocycles. The van der Waals surface area contributed by atoms with Crippen LogP contribution in [0.3, 0.4) is 0 Å². The molecule has 2 heterocycles. The number of esters is 1. The van der Waals surface area contributed by atoms with Crippen LogP contribution in [0.5, 0.6) is 0 Å². The average Bonchev–Trinajstić information content (AvgIpc) is 3.30. The van der Waals surface area contributed by atoms with Gasteiger partial charge in [0.25, 0.3) is 0 Å². The lowest BCUT2D eigenvalue weighted by molar-refractivity contribution is 0.0387. The minimum absolute atomic E-state index is 0.321. The van der Waals surface area contributed by atoms with Gasteiger partial charge in [0.1, 0.15) is 0 Å². The highest BCUT2D eigenvalue weighted by molar-refractivity contribution is 9.10. The number of carbonyl (C=O) groups excluding carboxylic acids is 1. The number of thiophene rings is 1. The second kappa shape index (κ2) is 7.07. The molecule has 0 aliphatic rings. The zero-order chi connectivity index (χ0) is 17.2. The highest BCUT2D eigenvalue weighted by Gasteiger charge is 2.23. The van der Waals surface area contributed by atoms with Crippen molar-refractivity contribution in [2.45, 2.75) is 6.10 Å². The number of rotatable bonds is 4. The molecule has 6 heteroatoms. The molecule has 0 radical (unpaired) electrons. The molecule has 124 valence electrons. The normalized spacial score (nSPS) is 12.2. The van der Waals surface area contributed by atoms with Gasteiger partial charge >= 0.3 is 5.97 Å². The maximum Gasteiger partial charge on any atom is 0.340 e. The molecule has 0 saturated heterocycles. The lowest BCUT2D eigenvalue weighted by Crippen LogP contribution is -2.11. The lowest BCUT2D eigenvalue weighted by atomic mass is 10.1. The van der Waals surface area contributed by atoms with E-state index >= 15 is 0 Å². The Morgan fingerprint density at radius 1 is 1.08 bits per heavy atom. The number of halogens is 1. The first kappa shape index (κ1) is 16.4. The monoisotopic (exact) mass is 429 g/mol. The third kappa shape index (κ3) is 3.38. The molecule has 0 amide bonds. The molecule has 1 unspecified atom stereocenters. The Bertz CT molecular complexity index is 1010. The topological polar surface area (TPSA) is 39.2 Å². The standard InChI is InChI=1S/C19H12BrNO2S2/c20-13-7-5-12(6-8-13)18(17-9-10-21-25-17)23-19(22)15-11-24-16-4-2-1-3-14(15)16/h1-11,18H. The Kier molecular flexibility index (Phi) is 4.65. The minimum Gasteiger partial charge on any atom is -0.448 e. The Labute approximate surface area is 161 Å². The van der Waals surface area contributed by atoms with Crippen molar-refractivity contribution in [1.82, 2.24) is 4.37 Å². The second-order valence-corrected chi connectivity index (χ2v) is 8.09. The lowest BCUT2D eigenvalue weighted by Gasteiger charge is -2.16. The fourth-order valence-electron chi connectivity index (χ4n) is 2.60. The van der Waals surface area contributed by atoms with E-state index in [2.05, 4.69) is 20.3 Å². The summed E-state index contributed by atoms with van der Waals surface area (Å²) < 4.78 is 12.1. The number of fused-ring (bicyclic) bond motifs is 1. The summed E-state index contributed by atoms with van der Waals surface area (Å²) in [6.45, 7) is 0. The van der Waals surface area contributed by atoms with Gasteiger partial charge < -0.3 is 4.74 Å². The van der Waals surface area contributed by atoms with Crippen LogP contribution in [0, 0.1) is 0 Å². The predicted octanol–water partition coefficient (Wildman–Crippen LogP) is 6.07. The summed E-state index contributed by atoms with van der Waals surface area (Å²) in [4.78, 5) is 13.7. The van der Waals surface area contributed by atoms with Gasteiger partial charge in [-0.15, -0.1) is 11.3 Å². The van der Waals surface area contributed by atoms with Gasteiger partial charge in [-0.2, -0.15) is 0 Å². The molecule has 2 aromatic carbocycles. The van der Waals surface area contributed by atoms with Gasteiger partial charge in [-0.25, -0.2) is 9.17 Å². The third-order valence-corrected chi connectivity index (χ3v) is 6.09. The van der Waals surface area contributed by atoms with Gasteiger partial charge in [-0.1, -0.05) is 46.3 Å². The highest BCUT2D eigenvalue weighted by Crippen LogP contribution is 2.32. The Morgan fingerprint density at radius 3 is 2.64 bits per heavy atom. The number of ether oxygens (including phenoxy) is 1. The molecule has 4 rings (SSSR count). The van der Waals surface area contributed by atoms with Crippen molar-refractivity contribution < 1.29 is 9.53 Å². The highest BCUT2D eigenvalue weighted by atomic mass is 79.9. The molecule has 3 nitrogen and oxygen atoms in total. The summed E-state index contributed by atoms with van der Waals surface area (Å²) in [7, 11) is 0. The molecule has 0 bridgehead atoms. The number of carbonyl (C=O) groups is 1. The third-order valence-electron chi connectivity index (χ3n) is 3.81. The van der Waals surface area contributed by atoms with Gasteiger partial charge in [0.2, 0.25) is 0 Å². The first-order chi connectivity index (χ1) is 12.2. The zero-order valence-corrected chi connectivity index (χ0v) is 16.1. The number of nitrogens with zero attached hydrogens (tertiary/aromatic N) is 1. The summed E-state index contributed by atoms with van der Waals surface area (Å²) in [6.07, 6.45) is 1.26. The molecule has 0 saturated carbocycles. The van der Waals surface area contributed by atoms with E-state index in [0.29, 0.717) is 5.56 Å². The largest absolute Gasteiger partial charge is 0.448 e. The van der Waals surface area contributed by atoms with Gasteiger partial charge in [0, 0.05) is 26.1 Å². The Morgan fingerprint density at radius 2 is 1.88 bits per heavy atom. The van der Waals surface area contributed by atoms with Crippen LogP contribution in [-0.4, -0.2) is 10.3 Å². The van der Waals surface area contributed by atoms with Crippen molar-refractivity contribution >= 4 is 54.9 Å². The van der Waals surface area contributed by atoms with E-state index in [0.717, 1.165) is 25.0 Å². The summed E-state index contributed by atoms with van der Waals surface area (Å²) in [5.41, 5.74) is 1.52. The summed E-state index contributed by atoms with van der Waals surface area (Å²) in [5, 5.41) is 2.79. The summed E-state index contributed by atoms with van der Waals surface area (Å²) in [6, 6.07) is 17.5. The van der Waals surface area contributed by atoms with E-state index in [1.165, 1.54) is 11.5 Å². The van der Waals surface area contributed by atoms with Crippen LogP contribution < -0.4 is 0 Å². The summed E-state index contributed by atoms with van der Waals surface area (Å²) in [5.74, 6) is -0.321. The summed E-state index contributed by atoms with van der Waals surface area (Å²) >= 11 is 6.32. The number of hydrogen-bond acceptors (Lipinski definition) is 5. The molecule has 25 heavy (non-hydrogen) atoms. The van der Waals surface area contributed by atoms with E-state index in [9.17, 15) is 4.79 Å². The van der Waals surface area contributed by atoms with Gasteiger partial charge in [0.15, 0.2) is 6.10 Å². The maximum atomic E-state index is 12.8. The molecule has 0 aliphatic heterocycles. The van der Waals surface area contributed by atoms with Crippen LogP contribution in [0.4, 0.5) is 0 Å². The molecule has 4 aromatic rings. The van der Waals surface area contributed by atoms with Crippen molar-refractivity contribution in [1.29, 1.82) is 0 Å². The average molecular weight is 430 g/mol. The van der Waals surface area contributed by atoms with Gasteiger partial charge in [-0.05, 0) is 41.4 Å². The van der Waals surface area contributed by atoms with Gasteiger partial charge in [-0.3, -0.25) is 0 Å². The van der Waals surface area contributed by atoms with Crippen molar-refractivity contribution in [2.24, 2.45) is 0 Å². The van der Waals surface area contributed by atoms with Crippen LogP contribution in [0.1, 0.15) is 26.9 Å². The fourth-order valence-corrected chi connectivity index (χ4v) is 4.43. The predicted molar refractivity (Wildman–Crippen MR) is 105 cm³/mol. The Balaban J connectivity index is 1.69. The SMILES string of the molecule is O=C(OC(c1ccc(Br)cc1)c1ccns1)c1csc2ccccc12. The first-order valence-electron chi connectivity index (χ1n) is 7.55. The van der Waals surface area contributed by atoms with E-state index in [-0.39, 0.29) is 5.97 Å². The van der Waals surface area contributed by atoms with Crippen molar-refractivity contribution in [3.63, 3.8) is 0 Å². The molecule has 0 N–H and O–H groups in total. The fraction of sp³-hybridized carbons (Fsp3) is 0.0526. The zero-order valence-electron chi connectivity index (χ0n) is 12.9. The van der Waals surface area contributed by atoms with Crippen molar-refractivity contribution in [3.8, 4) is 0 Å². The number of aromatic nitrogens is 1. The van der Waals surface area contributed by atoms with Crippen LogP contribution in [0.15, 0.2) is 70.6 Å². The smallest absolute Gasteiger partial charge is 0.340 e. The Hall–Kier alpha value is -2.02. The quantitative estimate of drug-likeness (QED) is 0.369. The number of benzene rings is 2. The molecule has 2 aromatic heterocycles. The van der Waals surface area contributed by atoms with E-state index < -0.39 is 6.10 Å². The minimum atomic E-state index is -0.466. The molecule has 0 spiro atoms. The first-order valence-corrected chi connectivity index (χ1v) is 10.0. The van der Waals surface area contributed by atoms with Crippen LogP contribution in [0.2, 0.25) is 0 Å². The van der Waals surface area contributed by atoms with Crippen LogP contribution in [-0.2, 0) is 4.74 Å². The maximum absolute atomic E-state index is 12.8. The second-order valence-electron chi connectivity index (χ2n) is 5.40.